The van der Waals surface area contributed by atoms with Crippen LogP contribution < -0.4 is 5.32 Å². The fourth-order valence-electron chi connectivity index (χ4n) is 2.17. The molecule has 6 heteroatoms. The van der Waals surface area contributed by atoms with E-state index in [0.717, 1.165) is 16.9 Å². The lowest BCUT2D eigenvalue weighted by Crippen LogP contribution is -2.13. The summed E-state index contributed by atoms with van der Waals surface area (Å²) in [7, 11) is 0. The maximum atomic E-state index is 12.1. The van der Waals surface area contributed by atoms with Crippen LogP contribution in [0.1, 0.15) is 43.0 Å². The number of nitrogens with zero attached hydrogens (tertiary/aromatic N) is 2. The molecule has 0 saturated heterocycles. The van der Waals surface area contributed by atoms with Crippen molar-refractivity contribution in [2.45, 2.75) is 38.1 Å². The average Bonchev–Trinajstić information content (AvgIpc) is 2.58. The zero-order valence-electron chi connectivity index (χ0n) is 14.5. The Hall–Kier alpha value is -2.03. The molecule has 0 radical (unpaired) electrons. The smallest absolute Gasteiger partial charge is 0.225 e. The second kappa shape index (κ2) is 8.89. The van der Waals surface area contributed by atoms with Crippen LogP contribution in [0.4, 0.5) is 5.69 Å². The van der Waals surface area contributed by atoms with Crippen LogP contribution in [0, 0.1) is 18.3 Å². The quantitative estimate of drug-likeness (QED) is 0.710. The first-order valence-electron chi connectivity index (χ1n) is 8.01. The second-order valence-electron chi connectivity index (χ2n) is 5.91. The van der Waals surface area contributed by atoms with Crippen molar-refractivity contribution in [2.75, 3.05) is 11.1 Å². The van der Waals surface area contributed by atoms with Crippen molar-refractivity contribution in [2.24, 2.45) is 0 Å². The van der Waals surface area contributed by atoms with Crippen molar-refractivity contribution >= 4 is 35.0 Å². The van der Waals surface area contributed by atoms with Gasteiger partial charge >= 0.3 is 0 Å². The number of hydrogen-bond donors (Lipinski definition) is 1. The van der Waals surface area contributed by atoms with Gasteiger partial charge in [0.05, 0.1) is 5.56 Å². The number of amides is 1. The van der Waals surface area contributed by atoms with Gasteiger partial charge in [-0.3, -0.25) is 4.79 Å². The fourth-order valence-corrected chi connectivity index (χ4v) is 3.26. The zero-order valence-corrected chi connectivity index (χ0v) is 16.0. The highest BCUT2D eigenvalue weighted by atomic mass is 35.5. The Bertz CT molecular complexity index is 815. The number of halogens is 1. The van der Waals surface area contributed by atoms with Gasteiger partial charge in [-0.25, -0.2) is 4.98 Å². The van der Waals surface area contributed by atoms with Crippen LogP contribution in [0.25, 0.3) is 0 Å². The third-order valence-electron chi connectivity index (χ3n) is 3.70. The highest BCUT2D eigenvalue weighted by molar-refractivity contribution is 7.99. The van der Waals surface area contributed by atoms with Gasteiger partial charge in [0.25, 0.3) is 0 Å². The molecule has 25 heavy (non-hydrogen) atoms. The summed E-state index contributed by atoms with van der Waals surface area (Å²) in [6.07, 6.45) is 0.328. The molecule has 0 spiro atoms. The number of thioether (sulfide) groups is 1. The minimum Gasteiger partial charge on any atom is -0.326 e. The topological polar surface area (TPSA) is 65.8 Å². The van der Waals surface area contributed by atoms with Crippen molar-refractivity contribution in [1.82, 2.24) is 4.98 Å². The molecule has 0 fully saturated rings. The summed E-state index contributed by atoms with van der Waals surface area (Å²) in [5, 5.41) is 13.4. The Morgan fingerprint density at radius 2 is 2.12 bits per heavy atom. The molecular formula is C19H20ClN3OS. The monoisotopic (exact) mass is 373 g/mol. The molecule has 1 aromatic heterocycles. The number of rotatable bonds is 6. The summed E-state index contributed by atoms with van der Waals surface area (Å²) in [6.45, 7) is 5.99. The molecule has 0 bridgehead atoms. The van der Waals surface area contributed by atoms with Gasteiger partial charge in [-0.05, 0) is 42.7 Å². The lowest BCUT2D eigenvalue weighted by atomic mass is 10.1. The minimum atomic E-state index is -0.0867. The number of anilines is 1. The van der Waals surface area contributed by atoms with E-state index in [9.17, 15) is 10.1 Å². The third kappa shape index (κ3) is 5.22. The summed E-state index contributed by atoms with van der Waals surface area (Å²) in [5.74, 6) is 0.756. The first-order chi connectivity index (χ1) is 11.9. The molecule has 4 nitrogen and oxygen atoms in total. The first-order valence-corrected chi connectivity index (χ1v) is 9.37. The molecule has 0 aliphatic carbocycles. The largest absolute Gasteiger partial charge is 0.326 e. The second-order valence-corrected chi connectivity index (χ2v) is 7.41. The minimum absolute atomic E-state index is 0.0867. The maximum absolute atomic E-state index is 12.1. The summed E-state index contributed by atoms with van der Waals surface area (Å²) >= 11 is 7.49. The maximum Gasteiger partial charge on any atom is 0.225 e. The van der Waals surface area contributed by atoms with E-state index < -0.39 is 0 Å². The van der Waals surface area contributed by atoms with Crippen molar-refractivity contribution in [3.8, 4) is 6.07 Å². The molecule has 0 aliphatic rings. The van der Waals surface area contributed by atoms with E-state index in [1.165, 1.54) is 11.8 Å². The number of nitrogens with one attached hydrogen (secondary N) is 1. The number of nitriles is 1. The number of pyridine rings is 1. The molecule has 2 aromatic rings. The number of carbonyl (C=O) groups is 1. The molecule has 1 amide bonds. The Labute approximate surface area is 157 Å². The highest BCUT2D eigenvalue weighted by Gasteiger charge is 2.11. The van der Waals surface area contributed by atoms with Gasteiger partial charge in [0, 0.05) is 28.6 Å². The number of carbonyl (C=O) groups excluding carboxylic acids is 1. The molecule has 2 rings (SSSR count). The lowest BCUT2D eigenvalue weighted by Gasteiger charge is -2.10. The predicted octanol–water partition coefficient (Wildman–Crippen LogP) is 5.16. The van der Waals surface area contributed by atoms with Gasteiger partial charge in [0.1, 0.15) is 11.1 Å². The zero-order chi connectivity index (χ0) is 18.4. The van der Waals surface area contributed by atoms with Gasteiger partial charge in [-0.15, -0.1) is 11.8 Å². The van der Waals surface area contributed by atoms with E-state index in [1.807, 2.05) is 19.1 Å². The van der Waals surface area contributed by atoms with Crippen molar-refractivity contribution in [3.05, 3.63) is 52.2 Å². The van der Waals surface area contributed by atoms with Gasteiger partial charge in [0.15, 0.2) is 0 Å². The van der Waals surface area contributed by atoms with Gasteiger partial charge in [-0.2, -0.15) is 5.26 Å². The van der Waals surface area contributed by atoms with E-state index in [-0.39, 0.29) is 5.91 Å². The van der Waals surface area contributed by atoms with Gasteiger partial charge in [0.2, 0.25) is 5.91 Å². The first kappa shape index (κ1) is 19.3. The molecule has 0 atom stereocenters. The third-order valence-corrected chi connectivity index (χ3v) is 5.11. The van der Waals surface area contributed by atoms with Crippen LogP contribution in [0.5, 0.6) is 0 Å². The summed E-state index contributed by atoms with van der Waals surface area (Å²) < 4.78 is 0. The van der Waals surface area contributed by atoms with E-state index >= 15 is 0 Å². The van der Waals surface area contributed by atoms with E-state index in [1.54, 1.807) is 18.2 Å². The lowest BCUT2D eigenvalue weighted by molar-refractivity contribution is -0.115. The normalized spacial score (nSPS) is 10.6. The number of benzene rings is 1. The fraction of sp³-hybridized carbons (Fsp3) is 0.316. The van der Waals surface area contributed by atoms with Gasteiger partial charge < -0.3 is 5.32 Å². The summed E-state index contributed by atoms with van der Waals surface area (Å²) in [6, 6.07) is 11.2. The molecule has 130 valence electrons. The highest BCUT2D eigenvalue weighted by Crippen LogP contribution is 2.25. The number of aromatic nitrogens is 1. The van der Waals surface area contributed by atoms with Crippen molar-refractivity contribution < 1.29 is 4.79 Å². The predicted molar refractivity (Wildman–Crippen MR) is 103 cm³/mol. The molecule has 0 saturated carbocycles. The number of hydrogen-bond acceptors (Lipinski definition) is 4. The van der Waals surface area contributed by atoms with E-state index in [4.69, 9.17) is 11.6 Å². The van der Waals surface area contributed by atoms with Crippen molar-refractivity contribution in [1.29, 1.82) is 5.26 Å². The van der Waals surface area contributed by atoms with Crippen molar-refractivity contribution in [3.63, 3.8) is 0 Å². The molecular weight excluding hydrogens is 354 g/mol. The average molecular weight is 374 g/mol. The molecule has 1 aromatic carbocycles. The van der Waals surface area contributed by atoms with E-state index in [0.29, 0.717) is 33.7 Å². The standard InChI is InChI=1S/C19H20ClN3OS/c1-12(2)16-8-7-14(11-21)19(23-16)25-10-9-18(24)22-17-6-4-5-15(20)13(17)3/h4-8,12H,9-10H2,1-3H3,(H,22,24). The van der Waals surface area contributed by atoms with Crippen LogP contribution in [0.15, 0.2) is 35.4 Å². The summed E-state index contributed by atoms with van der Waals surface area (Å²) in [5.41, 5.74) is 3.06. The SMILES string of the molecule is Cc1c(Cl)cccc1NC(=O)CCSc1nc(C(C)C)ccc1C#N. The van der Waals surface area contributed by atoms with Crippen LogP contribution in [-0.4, -0.2) is 16.6 Å². The Morgan fingerprint density at radius 1 is 1.36 bits per heavy atom. The van der Waals surface area contributed by atoms with Gasteiger partial charge in [-0.1, -0.05) is 31.5 Å². The molecule has 1 heterocycles. The Balaban J connectivity index is 1.96. The molecule has 0 aliphatic heterocycles. The van der Waals surface area contributed by atoms with E-state index in [2.05, 4.69) is 30.2 Å². The summed E-state index contributed by atoms with van der Waals surface area (Å²) in [4.78, 5) is 16.7. The Morgan fingerprint density at radius 3 is 2.80 bits per heavy atom. The molecule has 1 N–H and O–H groups in total. The molecule has 0 unspecified atom stereocenters. The Kier molecular flexibility index (Phi) is 6.86. The van der Waals surface area contributed by atoms with Crippen LogP contribution in [0.3, 0.4) is 0 Å². The van der Waals surface area contributed by atoms with Crippen LogP contribution >= 0.6 is 23.4 Å². The van der Waals surface area contributed by atoms with Crippen LogP contribution in [-0.2, 0) is 4.79 Å². The van der Waals surface area contributed by atoms with Crippen LogP contribution in [0.2, 0.25) is 5.02 Å².